The van der Waals surface area contributed by atoms with Gasteiger partial charge in [-0.3, -0.25) is 4.98 Å². The second-order valence-electron chi connectivity index (χ2n) is 4.31. The third kappa shape index (κ3) is 4.08. The minimum Gasteiger partial charge on any atom is -0.384 e. The molecule has 0 spiro atoms. The third-order valence-electron chi connectivity index (χ3n) is 2.57. The number of nitrogens with one attached hydrogen (secondary N) is 1. The van der Waals surface area contributed by atoms with Crippen LogP contribution in [0.25, 0.3) is 0 Å². The molecule has 2 aromatic rings. The van der Waals surface area contributed by atoms with Gasteiger partial charge in [-0.2, -0.15) is 0 Å². The van der Waals surface area contributed by atoms with Crippen LogP contribution in [0.5, 0.6) is 0 Å². The summed E-state index contributed by atoms with van der Waals surface area (Å²) in [6, 6.07) is 14.6. The molecule has 1 aromatic carbocycles. The Morgan fingerprint density at radius 2 is 2.00 bits per heavy atom. The van der Waals surface area contributed by atoms with Crippen LogP contribution >= 0.6 is 11.8 Å². The average molecular weight is 258 g/mol. The first-order valence-corrected chi connectivity index (χ1v) is 7.00. The van der Waals surface area contributed by atoms with E-state index in [-0.39, 0.29) is 0 Å². The summed E-state index contributed by atoms with van der Waals surface area (Å²) in [6.45, 7) is 5.19. The maximum Gasteiger partial charge on any atom is 0.0393 e. The van der Waals surface area contributed by atoms with Gasteiger partial charge in [-0.25, -0.2) is 0 Å². The first kappa shape index (κ1) is 13.0. The van der Waals surface area contributed by atoms with Crippen LogP contribution in [-0.2, 0) is 0 Å². The topological polar surface area (TPSA) is 24.9 Å². The molecule has 0 saturated carbocycles. The molecule has 0 aliphatic carbocycles. The van der Waals surface area contributed by atoms with Crippen molar-refractivity contribution >= 4 is 17.4 Å². The highest BCUT2D eigenvalue weighted by molar-refractivity contribution is 8.00. The minimum atomic E-state index is 0.529. The Balaban J connectivity index is 1.83. The lowest BCUT2D eigenvalue weighted by Gasteiger charge is -2.13. The van der Waals surface area contributed by atoms with Gasteiger partial charge in [0.1, 0.15) is 0 Å². The van der Waals surface area contributed by atoms with Crippen LogP contribution in [0.4, 0.5) is 5.69 Å². The zero-order chi connectivity index (χ0) is 12.8. The maximum atomic E-state index is 4.19. The second kappa shape index (κ2) is 6.45. The Bertz CT molecular complexity index is 485. The van der Waals surface area contributed by atoms with Crippen molar-refractivity contribution in [1.29, 1.82) is 0 Å². The summed E-state index contributed by atoms with van der Waals surface area (Å²) in [5.74, 6) is 0. The van der Waals surface area contributed by atoms with Crippen molar-refractivity contribution in [2.45, 2.75) is 24.0 Å². The Kier molecular flexibility index (Phi) is 4.65. The normalized spacial score (nSPS) is 12.1. The molecule has 0 amide bonds. The molecule has 1 N–H and O–H groups in total. The van der Waals surface area contributed by atoms with Crippen LogP contribution in [0.2, 0.25) is 0 Å². The van der Waals surface area contributed by atoms with Crippen LogP contribution in [0.15, 0.2) is 53.6 Å². The number of thioether (sulfide) groups is 1. The molecule has 0 aliphatic heterocycles. The largest absolute Gasteiger partial charge is 0.384 e. The van der Waals surface area contributed by atoms with Crippen molar-refractivity contribution in [2.24, 2.45) is 0 Å². The van der Waals surface area contributed by atoms with Gasteiger partial charge in [0.2, 0.25) is 0 Å². The van der Waals surface area contributed by atoms with Crippen LogP contribution in [0.3, 0.4) is 0 Å². The van der Waals surface area contributed by atoms with Crippen LogP contribution in [0, 0.1) is 6.92 Å². The molecule has 1 aromatic heterocycles. The van der Waals surface area contributed by atoms with E-state index in [2.05, 4.69) is 47.6 Å². The highest BCUT2D eigenvalue weighted by Gasteiger charge is 2.04. The summed E-state index contributed by atoms with van der Waals surface area (Å²) >= 11 is 1.89. The molecule has 1 unspecified atom stereocenters. The van der Waals surface area contributed by atoms with Gasteiger partial charge in [-0.1, -0.05) is 25.1 Å². The zero-order valence-corrected chi connectivity index (χ0v) is 11.6. The molecule has 1 heterocycles. The van der Waals surface area contributed by atoms with E-state index < -0.39 is 0 Å². The first-order valence-electron chi connectivity index (χ1n) is 6.12. The summed E-state index contributed by atoms with van der Waals surface area (Å²) in [6.07, 6.45) is 1.84. The molecule has 94 valence electrons. The molecular weight excluding hydrogens is 240 g/mol. The lowest BCUT2D eigenvalue weighted by Crippen LogP contribution is -2.13. The van der Waals surface area contributed by atoms with Gasteiger partial charge in [-0.05, 0) is 31.2 Å². The van der Waals surface area contributed by atoms with Gasteiger partial charge >= 0.3 is 0 Å². The number of anilines is 1. The third-order valence-corrected chi connectivity index (χ3v) is 3.68. The number of aryl methyl sites for hydroxylation is 1. The number of rotatable bonds is 5. The number of nitrogens with zero attached hydrogens (tertiary/aromatic N) is 1. The fourth-order valence-corrected chi connectivity index (χ4v) is 2.64. The summed E-state index contributed by atoms with van der Waals surface area (Å²) in [5, 5.41) is 3.97. The number of pyridine rings is 1. The molecule has 2 rings (SSSR count). The quantitative estimate of drug-likeness (QED) is 0.821. The van der Waals surface area contributed by atoms with Gasteiger partial charge in [-0.15, -0.1) is 11.8 Å². The van der Waals surface area contributed by atoms with E-state index in [0.717, 1.165) is 17.9 Å². The molecule has 0 saturated heterocycles. The SMILES string of the molecule is Cc1cc(NCC(C)Sc2ccccc2)ccn1. The van der Waals surface area contributed by atoms with Crippen molar-refractivity contribution in [3.63, 3.8) is 0 Å². The summed E-state index contributed by atoms with van der Waals surface area (Å²) in [4.78, 5) is 5.51. The average Bonchev–Trinajstić information content (AvgIpc) is 2.38. The van der Waals surface area contributed by atoms with Crippen molar-refractivity contribution in [3.8, 4) is 0 Å². The van der Waals surface area contributed by atoms with Crippen LogP contribution in [0.1, 0.15) is 12.6 Å². The fraction of sp³-hybridized carbons (Fsp3) is 0.267. The summed E-state index contributed by atoms with van der Waals surface area (Å²) in [7, 11) is 0. The predicted molar refractivity (Wildman–Crippen MR) is 79.2 cm³/mol. The summed E-state index contributed by atoms with van der Waals surface area (Å²) in [5.41, 5.74) is 2.19. The Hall–Kier alpha value is -1.48. The Morgan fingerprint density at radius 1 is 1.22 bits per heavy atom. The molecule has 18 heavy (non-hydrogen) atoms. The van der Waals surface area contributed by atoms with E-state index >= 15 is 0 Å². The monoisotopic (exact) mass is 258 g/mol. The number of aromatic nitrogens is 1. The zero-order valence-electron chi connectivity index (χ0n) is 10.8. The predicted octanol–water partition coefficient (Wildman–Crippen LogP) is 3.98. The first-order chi connectivity index (χ1) is 8.74. The van der Waals surface area contributed by atoms with E-state index in [1.165, 1.54) is 4.90 Å². The van der Waals surface area contributed by atoms with Gasteiger partial charge in [0.05, 0.1) is 0 Å². The molecule has 2 nitrogen and oxygen atoms in total. The van der Waals surface area contributed by atoms with E-state index in [4.69, 9.17) is 0 Å². The van der Waals surface area contributed by atoms with E-state index in [1.54, 1.807) is 0 Å². The van der Waals surface area contributed by atoms with Gasteiger partial charge < -0.3 is 5.32 Å². The van der Waals surface area contributed by atoms with Crippen molar-refractivity contribution in [2.75, 3.05) is 11.9 Å². The summed E-state index contributed by atoms with van der Waals surface area (Å²) < 4.78 is 0. The molecular formula is C15H18N2S. The minimum absolute atomic E-state index is 0.529. The van der Waals surface area contributed by atoms with Crippen LogP contribution < -0.4 is 5.32 Å². The second-order valence-corrected chi connectivity index (χ2v) is 5.82. The van der Waals surface area contributed by atoms with E-state index in [0.29, 0.717) is 5.25 Å². The van der Waals surface area contributed by atoms with Gasteiger partial charge in [0, 0.05) is 34.3 Å². The van der Waals surface area contributed by atoms with E-state index in [9.17, 15) is 0 Å². The molecule has 1 atom stereocenters. The highest BCUT2D eigenvalue weighted by atomic mass is 32.2. The number of hydrogen-bond acceptors (Lipinski definition) is 3. The molecule has 3 heteroatoms. The van der Waals surface area contributed by atoms with Gasteiger partial charge in [0.25, 0.3) is 0 Å². The maximum absolute atomic E-state index is 4.19. The molecule has 0 aliphatic rings. The highest BCUT2D eigenvalue weighted by Crippen LogP contribution is 2.22. The van der Waals surface area contributed by atoms with Crippen molar-refractivity contribution in [1.82, 2.24) is 4.98 Å². The molecule has 0 bridgehead atoms. The fourth-order valence-electron chi connectivity index (χ4n) is 1.69. The standard InChI is InChI=1S/C15H18N2S/c1-12-10-14(8-9-16-12)17-11-13(2)18-15-6-4-3-5-7-15/h3-10,13H,11H2,1-2H3,(H,16,17). The number of hydrogen-bond donors (Lipinski definition) is 1. The molecule has 0 fully saturated rings. The van der Waals surface area contributed by atoms with Crippen LogP contribution in [-0.4, -0.2) is 16.8 Å². The smallest absolute Gasteiger partial charge is 0.0393 e. The lowest BCUT2D eigenvalue weighted by molar-refractivity contribution is 0.996. The van der Waals surface area contributed by atoms with E-state index in [1.807, 2.05) is 37.0 Å². The Morgan fingerprint density at radius 3 is 2.72 bits per heavy atom. The van der Waals surface area contributed by atoms with Crippen molar-refractivity contribution < 1.29 is 0 Å². The van der Waals surface area contributed by atoms with Crippen molar-refractivity contribution in [3.05, 3.63) is 54.4 Å². The Labute approximate surface area is 113 Å². The van der Waals surface area contributed by atoms with Gasteiger partial charge in [0.15, 0.2) is 0 Å². The number of benzene rings is 1. The lowest BCUT2D eigenvalue weighted by atomic mass is 10.3. The molecule has 0 radical (unpaired) electrons.